The highest BCUT2D eigenvalue weighted by Crippen LogP contribution is 2.21. The third kappa shape index (κ3) is 5.23. The zero-order valence-corrected chi connectivity index (χ0v) is 17.4. The predicted molar refractivity (Wildman–Crippen MR) is 107 cm³/mol. The molecule has 6 heteroatoms. The van der Waals surface area contributed by atoms with Gasteiger partial charge in [0.05, 0.1) is 12.6 Å². The Kier molecular flexibility index (Phi) is 7.40. The Balaban J connectivity index is 1.96. The zero-order chi connectivity index (χ0) is 20.8. The Hall–Kier alpha value is -2.60. The number of nitrogens with zero attached hydrogens (tertiary/aromatic N) is 1. The lowest BCUT2D eigenvalue weighted by atomic mass is 10.1. The summed E-state index contributed by atoms with van der Waals surface area (Å²) in [5.74, 6) is -0.229. The maximum Gasteiger partial charge on any atom is 0.347 e. The second-order valence-electron chi connectivity index (χ2n) is 7.06. The molecular formula is C22H29NO5. The number of ketones is 1. The maximum absolute atomic E-state index is 12.6. The van der Waals surface area contributed by atoms with Crippen LogP contribution in [-0.2, 0) is 14.3 Å². The summed E-state index contributed by atoms with van der Waals surface area (Å²) in [6.07, 6.45) is -0.801. The zero-order valence-electron chi connectivity index (χ0n) is 17.4. The lowest BCUT2D eigenvalue weighted by molar-refractivity contribution is -0.149. The van der Waals surface area contributed by atoms with Gasteiger partial charge in [-0.1, -0.05) is 17.7 Å². The minimum absolute atomic E-state index is 0.108. The molecule has 2 atom stereocenters. The number of rotatable bonds is 9. The molecule has 6 nitrogen and oxygen atoms in total. The fourth-order valence-corrected chi connectivity index (χ4v) is 3.25. The van der Waals surface area contributed by atoms with E-state index < -0.39 is 12.1 Å². The largest absolute Gasteiger partial charge is 0.479 e. The van der Waals surface area contributed by atoms with E-state index in [-0.39, 0.29) is 18.4 Å². The first-order valence-electron chi connectivity index (χ1n) is 9.35. The highest BCUT2D eigenvalue weighted by molar-refractivity contribution is 5.99. The van der Waals surface area contributed by atoms with Gasteiger partial charge in [0.2, 0.25) is 5.78 Å². The molecule has 0 radical (unpaired) electrons. The number of hydrogen-bond donors (Lipinski definition) is 0. The first kappa shape index (κ1) is 21.7. The van der Waals surface area contributed by atoms with Gasteiger partial charge in [-0.2, -0.15) is 0 Å². The molecule has 2 rings (SSSR count). The summed E-state index contributed by atoms with van der Waals surface area (Å²) < 4.78 is 18.0. The minimum atomic E-state index is -0.801. The number of methoxy groups -OCH3 is 1. The highest BCUT2D eigenvalue weighted by Gasteiger charge is 2.22. The van der Waals surface area contributed by atoms with Gasteiger partial charge in [-0.3, -0.25) is 4.79 Å². The number of Topliss-reactive ketones (excluding diaryl/α,β-unsaturated/α-hetero) is 1. The Morgan fingerprint density at radius 1 is 1.07 bits per heavy atom. The van der Waals surface area contributed by atoms with Gasteiger partial charge in [-0.15, -0.1) is 0 Å². The molecule has 0 bridgehead atoms. The van der Waals surface area contributed by atoms with Gasteiger partial charge in [0.25, 0.3) is 0 Å². The van der Waals surface area contributed by atoms with E-state index in [9.17, 15) is 9.59 Å². The van der Waals surface area contributed by atoms with Crippen LogP contribution in [0.1, 0.15) is 47.2 Å². The first-order valence-corrected chi connectivity index (χ1v) is 9.35. The van der Waals surface area contributed by atoms with Crippen molar-refractivity contribution in [1.29, 1.82) is 0 Å². The van der Waals surface area contributed by atoms with Crippen LogP contribution in [-0.4, -0.2) is 42.7 Å². The molecule has 152 valence electrons. The molecule has 0 saturated carbocycles. The van der Waals surface area contributed by atoms with Crippen molar-refractivity contribution in [3.8, 4) is 5.75 Å². The molecule has 0 fully saturated rings. The Morgan fingerprint density at radius 2 is 1.71 bits per heavy atom. The molecule has 0 saturated heterocycles. The van der Waals surface area contributed by atoms with E-state index >= 15 is 0 Å². The second kappa shape index (κ2) is 9.55. The molecule has 0 amide bonds. The third-order valence-electron chi connectivity index (χ3n) is 4.64. The monoisotopic (exact) mass is 387 g/mol. The Bertz CT molecular complexity index is 822. The van der Waals surface area contributed by atoms with Crippen LogP contribution < -0.4 is 4.74 Å². The van der Waals surface area contributed by atoms with Crippen LogP contribution in [0.25, 0.3) is 0 Å². The van der Waals surface area contributed by atoms with Crippen molar-refractivity contribution < 1.29 is 23.8 Å². The quantitative estimate of drug-likeness (QED) is 0.483. The molecule has 0 aliphatic carbocycles. The van der Waals surface area contributed by atoms with E-state index in [0.717, 1.165) is 17.0 Å². The number of esters is 1. The van der Waals surface area contributed by atoms with Crippen LogP contribution in [0.5, 0.6) is 5.75 Å². The summed E-state index contributed by atoms with van der Waals surface area (Å²) in [6, 6.07) is 9.32. The topological polar surface area (TPSA) is 66.8 Å². The van der Waals surface area contributed by atoms with E-state index in [2.05, 4.69) is 4.57 Å². The average Bonchev–Trinajstić information content (AvgIpc) is 2.95. The second-order valence-corrected chi connectivity index (χ2v) is 7.06. The molecule has 0 spiro atoms. The molecule has 1 aromatic heterocycles. The smallest absolute Gasteiger partial charge is 0.347 e. The van der Waals surface area contributed by atoms with E-state index in [1.165, 1.54) is 0 Å². The number of carbonyl (C=O) groups excluding carboxylic acids is 2. The average molecular weight is 387 g/mol. The summed E-state index contributed by atoms with van der Waals surface area (Å²) in [4.78, 5) is 24.8. The highest BCUT2D eigenvalue weighted by atomic mass is 16.6. The van der Waals surface area contributed by atoms with Gasteiger partial charge in [0, 0.05) is 24.1 Å². The summed E-state index contributed by atoms with van der Waals surface area (Å²) in [5, 5.41) is 0. The molecule has 0 N–H and O–H groups in total. The molecule has 1 aromatic carbocycles. The number of benzene rings is 1. The third-order valence-corrected chi connectivity index (χ3v) is 4.64. The molecule has 28 heavy (non-hydrogen) atoms. The van der Waals surface area contributed by atoms with Crippen molar-refractivity contribution in [1.82, 2.24) is 4.57 Å². The van der Waals surface area contributed by atoms with Crippen LogP contribution in [0.15, 0.2) is 30.3 Å². The van der Waals surface area contributed by atoms with Crippen molar-refractivity contribution in [3.05, 3.63) is 52.8 Å². The van der Waals surface area contributed by atoms with Gasteiger partial charge in [-0.05, 0) is 52.8 Å². The van der Waals surface area contributed by atoms with Crippen LogP contribution in [0, 0.1) is 20.8 Å². The molecule has 0 aliphatic rings. The molecule has 1 heterocycles. The van der Waals surface area contributed by atoms with Crippen molar-refractivity contribution in [2.75, 3.05) is 20.3 Å². The van der Waals surface area contributed by atoms with Crippen molar-refractivity contribution in [3.63, 3.8) is 0 Å². The van der Waals surface area contributed by atoms with Crippen LogP contribution in [0.3, 0.4) is 0 Å². The van der Waals surface area contributed by atoms with E-state index in [1.54, 1.807) is 26.2 Å². The summed E-state index contributed by atoms with van der Waals surface area (Å²) in [6.45, 7) is 9.67. The number of ether oxygens (including phenoxy) is 3. The minimum Gasteiger partial charge on any atom is -0.479 e. The summed E-state index contributed by atoms with van der Waals surface area (Å²) in [7, 11) is 1.65. The van der Waals surface area contributed by atoms with Crippen LogP contribution in [0.2, 0.25) is 0 Å². The number of aromatic nitrogens is 1. The van der Waals surface area contributed by atoms with Gasteiger partial charge < -0.3 is 18.8 Å². The Morgan fingerprint density at radius 3 is 2.32 bits per heavy atom. The fourth-order valence-electron chi connectivity index (χ4n) is 3.25. The van der Waals surface area contributed by atoms with E-state index in [0.29, 0.717) is 17.9 Å². The lowest BCUT2D eigenvalue weighted by Crippen LogP contribution is -2.28. The van der Waals surface area contributed by atoms with E-state index in [1.807, 2.05) is 45.9 Å². The molecular weight excluding hydrogens is 358 g/mol. The SMILES string of the molecule is COCC(C)n1c(C)cc(C(=O)COC(=O)C(C)Oc2ccc(C)cc2)c1C. The van der Waals surface area contributed by atoms with Crippen molar-refractivity contribution >= 4 is 11.8 Å². The fraction of sp³-hybridized carbons (Fsp3) is 0.455. The first-order chi connectivity index (χ1) is 13.2. The molecule has 2 aromatic rings. The van der Waals surface area contributed by atoms with Gasteiger partial charge >= 0.3 is 5.97 Å². The van der Waals surface area contributed by atoms with Crippen molar-refractivity contribution in [2.45, 2.75) is 46.8 Å². The number of hydrogen-bond acceptors (Lipinski definition) is 5. The summed E-state index contributed by atoms with van der Waals surface area (Å²) in [5.41, 5.74) is 3.46. The van der Waals surface area contributed by atoms with Crippen molar-refractivity contribution in [2.24, 2.45) is 0 Å². The maximum atomic E-state index is 12.6. The standard InChI is InChI=1S/C22H29NO5/c1-14-7-9-19(10-8-14)28-18(5)22(25)27-13-21(24)20-11-15(2)23(17(20)4)16(3)12-26-6/h7-11,16,18H,12-13H2,1-6H3. The lowest BCUT2D eigenvalue weighted by Gasteiger charge is -2.17. The van der Waals surface area contributed by atoms with Crippen LogP contribution >= 0.6 is 0 Å². The van der Waals surface area contributed by atoms with Gasteiger partial charge in [-0.25, -0.2) is 4.79 Å². The predicted octanol–water partition coefficient (Wildman–Crippen LogP) is 3.81. The Labute approximate surface area is 166 Å². The number of aryl methyl sites for hydroxylation is 2. The van der Waals surface area contributed by atoms with Gasteiger partial charge in [0.15, 0.2) is 12.7 Å². The van der Waals surface area contributed by atoms with Gasteiger partial charge in [0.1, 0.15) is 5.75 Å². The summed E-state index contributed by atoms with van der Waals surface area (Å²) >= 11 is 0. The van der Waals surface area contributed by atoms with Crippen LogP contribution in [0.4, 0.5) is 0 Å². The van der Waals surface area contributed by atoms with E-state index in [4.69, 9.17) is 14.2 Å². The normalized spacial score (nSPS) is 13.1. The molecule has 2 unspecified atom stereocenters. The molecule has 0 aliphatic heterocycles. The number of carbonyl (C=O) groups is 2.